The fourth-order valence-corrected chi connectivity index (χ4v) is 5.43. The van der Waals surface area contributed by atoms with E-state index in [1.807, 2.05) is 19.1 Å². The summed E-state index contributed by atoms with van der Waals surface area (Å²) in [7, 11) is 0. The molecule has 0 amide bonds. The van der Waals surface area contributed by atoms with Crippen molar-refractivity contribution in [2.75, 3.05) is 0 Å². The zero-order chi connectivity index (χ0) is 18.6. The van der Waals surface area contributed by atoms with Crippen molar-refractivity contribution in [3.8, 4) is 0 Å². The third-order valence-electron chi connectivity index (χ3n) is 6.62. The van der Waals surface area contributed by atoms with Crippen molar-refractivity contribution < 1.29 is 15.1 Å². The fraction of sp³-hybridized carbons (Fsp3) is 0.600. The average molecular weight is 364 g/mol. The summed E-state index contributed by atoms with van der Waals surface area (Å²) in [5, 5.41) is 23.8. The molecule has 2 aliphatic carbocycles. The minimum absolute atomic E-state index is 0.120. The molecular weight excluding hydrogens is 338 g/mol. The number of rotatable bonds is 2. The molecule has 5 heteroatoms. The van der Waals surface area contributed by atoms with Crippen LogP contribution in [-0.4, -0.2) is 22.0 Å². The van der Waals surface area contributed by atoms with Gasteiger partial charge in [-0.1, -0.05) is 43.9 Å². The van der Waals surface area contributed by atoms with Gasteiger partial charge in [-0.15, -0.1) is 0 Å². The molecule has 1 saturated carbocycles. The summed E-state index contributed by atoms with van der Waals surface area (Å²) in [6.07, 6.45) is 2.91. The summed E-state index contributed by atoms with van der Waals surface area (Å²) in [6, 6.07) is 4.02. The first kappa shape index (κ1) is 18.2. The summed E-state index contributed by atoms with van der Waals surface area (Å²) < 4.78 is 0. The zero-order valence-corrected chi connectivity index (χ0v) is 16.0. The molecule has 4 nitrogen and oxygen atoms in total. The van der Waals surface area contributed by atoms with E-state index >= 15 is 0 Å². The SMILES string of the molecule is CC(C)c1cc2c(cc1Cl)[C@@]1(C)CCC[C@@](C)(C(=O)O)C1C/C2=N/O. The number of hydrogen-bond acceptors (Lipinski definition) is 3. The number of nitrogens with zero attached hydrogens (tertiary/aromatic N) is 1. The molecule has 2 aliphatic rings. The molecule has 3 atom stereocenters. The van der Waals surface area contributed by atoms with Crippen LogP contribution in [0.1, 0.15) is 76.0 Å². The molecule has 0 spiro atoms. The highest BCUT2D eigenvalue weighted by Crippen LogP contribution is 2.58. The lowest BCUT2D eigenvalue weighted by Gasteiger charge is -2.53. The van der Waals surface area contributed by atoms with Gasteiger partial charge in [-0.2, -0.15) is 0 Å². The molecule has 1 unspecified atom stereocenters. The Balaban J connectivity index is 2.25. The first-order chi connectivity index (χ1) is 11.6. The van der Waals surface area contributed by atoms with E-state index in [9.17, 15) is 15.1 Å². The first-order valence-corrected chi connectivity index (χ1v) is 9.31. The van der Waals surface area contributed by atoms with Gasteiger partial charge in [0.2, 0.25) is 0 Å². The van der Waals surface area contributed by atoms with Crippen molar-refractivity contribution in [1.29, 1.82) is 0 Å². The standard InChI is InChI=1S/C20H26ClNO3/c1-11(2)12-8-13-14(9-15(12)21)19(3)6-5-7-20(4,18(23)24)17(19)10-16(13)22-25/h8-9,11,17,25H,5-7,10H2,1-4H3,(H,23,24)/b22-16-/t17?,19-,20-/m1/s1. The van der Waals surface area contributed by atoms with Gasteiger partial charge in [0.15, 0.2) is 0 Å². The van der Waals surface area contributed by atoms with Gasteiger partial charge in [-0.25, -0.2) is 0 Å². The van der Waals surface area contributed by atoms with Gasteiger partial charge >= 0.3 is 5.97 Å². The monoisotopic (exact) mass is 363 g/mol. The van der Waals surface area contributed by atoms with Crippen LogP contribution in [0, 0.1) is 11.3 Å². The predicted octanol–water partition coefficient (Wildman–Crippen LogP) is 5.19. The molecule has 1 aromatic carbocycles. The molecule has 0 heterocycles. The van der Waals surface area contributed by atoms with Crippen LogP contribution in [0.5, 0.6) is 0 Å². The fourth-order valence-electron chi connectivity index (χ4n) is 5.05. The Morgan fingerprint density at radius 1 is 1.32 bits per heavy atom. The summed E-state index contributed by atoms with van der Waals surface area (Å²) >= 11 is 6.56. The van der Waals surface area contributed by atoms with E-state index in [2.05, 4.69) is 25.9 Å². The van der Waals surface area contributed by atoms with Crippen molar-refractivity contribution in [3.63, 3.8) is 0 Å². The number of hydrogen-bond donors (Lipinski definition) is 2. The van der Waals surface area contributed by atoms with Gasteiger partial charge in [0, 0.05) is 10.6 Å². The van der Waals surface area contributed by atoms with Gasteiger partial charge in [-0.05, 0) is 66.7 Å². The number of carbonyl (C=O) groups is 1. The molecule has 1 fully saturated rings. The lowest BCUT2D eigenvalue weighted by molar-refractivity contribution is -0.156. The number of fused-ring (bicyclic) bond motifs is 3. The lowest BCUT2D eigenvalue weighted by atomic mass is 9.49. The molecule has 0 radical (unpaired) electrons. The van der Waals surface area contributed by atoms with E-state index in [1.54, 1.807) is 0 Å². The minimum atomic E-state index is -0.830. The highest BCUT2D eigenvalue weighted by Gasteiger charge is 2.56. The molecule has 0 aliphatic heterocycles. The summed E-state index contributed by atoms with van der Waals surface area (Å²) in [5.41, 5.74) is 2.44. The second-order valence-electron chi connectivity index (χ2n) is 8.37. The van der Waals surface area contributed by atoms with E-state index in [-0.39, 0.29) is 17.3 Å². The molecule has 136 valence electrons. The quantitative estimate of drug-likeness (QED) is 0.560. The normalized spacial score (nSPS) is 33.2. The number of carboxylic acids is 1. The van der Waals surface area contributed by atoms with Crippen LogP contribution in [0.2, 0.25) is 5.02 Å². The van der Waals surface area contributed by atoms with Crippen LogP contribution in [0.15, 0.2) is 17.3 Å². The van der Waals surface area contributed by atoms with Gasteiger partial charge < -0.3 is 10.3 Å². The second-order valence-corrected chi connectivity index (χ2v) is 8.78. The highest BCUT2D eigenvalue weighted by atomic mass is 35.5. The van der Waals surface area contributed by atoms with E-state index < -0.39 is 11.4 Å². The van der Waals surface area contributed by atoms with Crippen molar-refractivity contribution in [1.82, 2.24) is 0 Å². The van der Waals surface area contributed by atoms with Crippen LogP contribution >= 0.6 is 11.6 Å². The highest BCUT2D eigenvalue weighted by molar-refractivity contribution is 6.31. The van der Waals surface area contributed by atoms with Crippen molar-refractivity contribution in [3.05, 3.63) is 33.8 Å². The molecule has 1 aromatic rings. The van der Waals surface area contributed by atoms with Crippen molar-refractivity contribution in [2.24, 2.45) is 16.5 Å². The Kier molecular flexibility index (Phi) is 4.39. The first-order valence-electron chi connectivity index (χ1n) is 8.93. The molecule has 0 aromatic heterocycles. The van der Waals surface area contributed by atoms with Gasteiger partial charge in [0.05, 0.1) is 11.1 Å². The van der Waals surface area contributed by atoms with Crippen LogP contribution < -0.4 is 0 Å². The topological polar surface area (TPSA) is 69.9 Å². The predicted molar refractivity (Wildman–Crippen MR) is 98.9 cm³/mol. The average Bonchev–Trinajstić information content (AvgIpc) is 2.54. The Bertz CT molecular complexity index is 758. The van der Waals surface area contributed by atoms with Gasteiger partial charge in [0.25, 0.3) is 0 Å². The van der Waals surface area contributed by atoms with Crippen LogP contribution in [0.25, 0.3) is 0 Å². The molecule has 0 saturated heterocycles. The number of oxime groups is 1. The maximum absolute atomic E-state index is 12.1. The lowest BCUT2D eigenvalue weighted by Crippen LogP contribution is -2.53. The molecular formula is C20H26ClNO3. The second kappa shape index (κ2) is 6.01. The largest absolute Gasteiger partial charge is 0.481 e. The van der Waals surface area contributed by atoms with Crippen LogP contribution in [0.4, 0.5) is 0 Å². The maximum Gasteiger partial charge on any atom is 0.309 e. The third kappa shape index (κ3) is 2.57. The summed E-state index contributed by atoms with van der Waals surface area (Å²) in [5.74, 6) is -0.626. The van der Waals surface area contributed by atoms with E-state index in [0.29, 0.717) is 23.6 Å². The minimum Gasteiger partial charge on any atom is -0.481 e. The molecule has 2 N–H and O–H groups in total. The summed E-state index contributed by atoms with van der Waals surface area (Å²) in [6.45, 7) is 8.15. The Morgan fingerprint density at radius 3 is 2.56 bits per heavy atom. The van der Waals surface area contributed by atoms with Crippen molar-refractivity contribution >= 4 is 23.3 Å². The number of halogens is 1. The molecule has 25 heavy (non-hydrogen) atoms. The third-order valence-corrected chi connectivity index (χ3v) is 6.95. The maximum atomic E-state index is 12.1. The van der Waals surface area contributed by atoms with E-state index in [1.165, 1.54) is 0 Å². The Hall–Kier alpha value is -1.55. The van der Waals surface area contributed by atoms with Crippen LogP contribution in [-0.2, 0) is 10.2 Å². The molecule has 3 rings (SSSR count). The molecule has 0 bridgehead atoms. The number of aliphatic carboxylic acids is 1. The summed E-state index contributed by atoms with van der Waals surface area (Å²) in [4.78, 5) is 12.1. The zero-order valence-electron chi connectivity index (χ0n) is 15.3. The van der Waals surface area contributed by atoms with Crippen molar-refractivity contribution in [2.45, 2.75) is 64.7 Å². The number of carboxylic acid groups (broad SMARTS) is 1. The Labute approximate surface area is 153 Å². The smallest absolute Gasteiger partial charge is 0.309 e. The van der Waals surface area contributed by atoms with Gasteiger partial charge in [0.1, 0.15) is 0 Å². The van der Waals surface area contributed by atoms with Crippen LogP contribution in [0.3, 0.4) is 0 Å². The number of benzene rings is 1. The van der Waals surface area contributed by atoms with E-state index in [4.69, 9.17) is 11.6 Å². The Morgan fingerprint density at radius 2 is 2.00 bits per heavy atom. The van der Waals surface area contributed by atoms with E-state index in [0.717, 1.165) is 29.5 Å². The van der Waals surface area contributed by atoms with Gasteiger partial charge in [-0.3, -0.25) is 4.79 Å².